The van der Waals surface area contributed by atoms with Crippen molar-refractivity contribution in [3.05, 3.63) is 47.7 Å². The zero-order valence-corrected chi connectivity index (χ0v) is 14.1. The van der Waals surface area contributed by atoms with Crippen molar-refractivity contribution in [2.75, 3.05) is 31.1 Å². The number of rotatable bonds is 5. The fourth-order valence-corrected chi connectivity index (χ4v) is 3.85. The van der Waals surface area contributed by atoms with Crippen molar-refractivity contribution in [1.82, 2.24) is 9.88 Å². The number of likely N-dealkylation sites (tertiary alicyclic amines) is 1. The Labute approximate surface area is 146 Å². The van der Waals surface area contributed by atoms with E-state index in [1.54, 1.807) is 6.07 Å². The summed E-state index contributed by atoms with van der Waals surface area (Å²) in [6.07, 6.45) is 4.46. The lowest BCUT2D eigenvalue weighted by Crippen LogP contribution is -2.47. The van der Waals surface area contributed by atoms with E-state index in [1.165, 1.54) is 6.20 Å². The third-order valence-electron chi connectivity index (χ3n) is 4.86. The van der Waals surface area contributed by atoms with Crippen LogP contribution in [0.15, 0.2) is 42.7 Å². The van der Waals surface area contributed by atoms with Crippen LogP contribution in [0, 0.1) is 0 Å². The first-order chi connectivity index (χ1) is 11.7. The number of aromatic hydroxyl groups is 1. The first-order valence-corrected chi connectivity index (χ1v) is 8.60. The van der Waals surface area contributed by atoms with Gasteiger partial charge in [0.25, 0.3) is 0 Å². The fraction of sp³-hybridized carbons (Fsp3) is 0.389. The van der Waals surface area contributed by atoms with Crippen molar-refractivity contribution in [3.8, 4) is 11.5 Å². The van der Waals surface area contributed by atoms with Crippen LogP contribution in [-0.2, 0) is 0 Å². The monoisotopic (exact) mass is 345 g/mol. The first kappa shape index (κ1) is 15.5. The van der Waals surface area contributed by atoms with Gasteiger partial charge in [-0.05, 0) is 30.7 Å². The van der Waals surface area contributed by atoms with E-state index in [0.717, 1.165) is 42.5 Å². The number of halogens is 1. The zero-order chi connectivity index (χ0) is 16.5. The molecule has 1 N–H and O–H groups in total. The van der Waals surface area contributed by atoms with Crippen LogP contribution in [0.4, 0.5) is 5.69 Å². The lowest BCUT2D eigenvalue weighted by atomic mass is 10.2. The highest BCUT2D eigenvalue weighted by atomic mass is 35.5. The van der Waals surface area contributed by atoms with E-state index in [1.807, 2.05) is 30.5 Å². The minimum Gasteiger partial charge on any atom is -0.506 e. The molecule has 3 heterocycles. The van der Waals surface area contributed by atoms with Crippen LogP contribution in [0.25, 0.3) is 0 Å². The van der Waals surface area contributed by atoms with E-state index in [2.05, 4.69) is 14.8 Å². The molecule has 2 fully saturated rings. The predicted octanol–water partition coefficient (Wildman–Crippen LogP) is 2.78. The van der Waals surface area contributed by atoms with Gasteiger partial charge < -0.3 is 14.7 Å². The van der Waals surface area contributed by atoms with Crippen LogP contribution in [0.2, 0.25) is 5.02 Å². The Morgan fingerprint density at radius 1 is 1.17 bits per heavy atom. The molecule has 0 saturated carbocycles. The number of ether oxygens (including phenoxy) is 1. The molecule has 6 heteroatoms. The number of aromatic nitrogens is 1. The van der Waals surface area contributed by atoms with E-state index >= 15 is 0 Å². The average Bonchev–Trinajstić information content (AvgIpc) is 3.17. The highest BCUT2D eigenvalue weighted by molar-refractivity contribution is 6.30. The molecule has 2 saturated heterocycles. The number of benzene rings is 1. The lowest BCUT2D eigenvalue weighted by Gasteiger charge is -2.35. The van der Waals surface area contributed by atoms with Crippen molar-refractivity contribution in [2.24, 2.45) is 0 Å². The third kappa shape index (κ3) is 3.14. The zero-order valence-electron chi connectivity index (χ0n) is 13.3. The molecule has 2 aliphatic heterocycles. The number of nitrogens with zero attached hydrogens (tertiary/aromatic N) is 3. The summed E-state index contributed by atoms with van der Waals surface area (Å²) in [7, 11) is 0. The molecule has 4 rings (SSSR count). The molecule has 2 bridgehead atoms. The first-order valence-electron chi connectivity index (χ1n) is 8.22. The Bertz CT molecular complexity index is 710. The van der Waals surface area contributed by atoms with Crippen LogP contribution in [-0.4, -0.2) is 53.3 Å². The minimum atomic E-state index is 0.225. The number of pyridine rings is 1. The average molecular weight is 346 g/mol. The van der Waals surface area contributed by atoms with Crippen molar-refractivity contribution in [2.45, 2.75) is 18.5 Å². The summed E-state index contributed by atoms with van der Waals surface area (Å²) in [5, 5.41) is 10.3. The quantitative estimate of drug-likeness (QED) is 0.903. The van der Waals surface area contributed by atoms with Crippen molar-refractivity contribution >= 4 is 17.3 Å². The Kier molecular flexibility index (Phi) is 4.21. The molecule has 0 aliphatic carbocycles. The second-order valence-corrected chi connectivity index (χ2v) is 6.83. The van der Waals surface area contributed by atoms with Gasteiger partial charge >= 0.3 is 0 Å². The summed E-state index contributed by atoms with van der Waals surface area (Å²) in [4.78, 5) is 8.93. The number of hydrogen-bond donors (Lipinski definition) is 1. The predicted molar refractivity (Wildman–Crippen MR) is 94.0 cm³/mol. The van der Waals surface area contributed by atoms with E-state index in [-0.39, 0.29) is 5.75 Å². The van der Waals surface area contributed by atoms with Crippen molar-refractivity contribution in [3.63, 3.8) is 0 Å². The van der Waals surface area contributed by atoms with Crippen LogP contribution < -0.4 is 9.64 Å². The highest BCUT2D eigenvalue weighted by Crippen LogP contribution is 2.34. The van der Waals surface area contributed by atoms with Gasteiger partial charge in [-0.15, -0.1) is 0 Å². The van der Waals surface area contributed by atoms with Gasteiger partial charge in [0.2, 0.25) is 0 Å². The van der Waals surface area contributed by atoms with Gasteiger partial charge in [-0.3, -0.25) is 9.88 Å². The molecule has 0 amide bonds. The second kappa shape index (κ2) is 6.49. The van der Waals surface area contributed by atoms with E-state index in [4.69, 9.17) is 16.3 Å². The number of piperazine rings is 1. The fourth-order valence-electron chi connectivity index (χ4n) is 3.72. The second-order valence-electron chi connectivity index (χ2n) is 6.39. The molecule has 5 nitrogen and oxygen atoms in total. The molecule has 1 aromatic heterocycles. The standard InChI is InChI=1S/C18H20ClN3O2/c19-13-1-3-18(4-2-13)24-6-5-21-11-16-7-15(21)12-22(16)14-8-17(23)10-20-9-14/h1-4,8-10,15-16,23H,5-7,11-12H2. The molecular formula is C18H20ClN3O2. The van der Waals surface area contributed by atoms with Crippen LogP contribution in [0.5, 0.6) is 11.5 Å². The Morgan fingerprint density at radius 3 is 2.71 bits per heavy atom. The van der Waals surface area contributed by atoms with Gasteiger partial charge in [0.1, 0.15) is 18.1 Å². The molecule has 2 unspecified atom stereocenters. The number of fused-ring (bicyclic) bond motifs is 2. The Balaban J connectivity index is 1.29. The SMILES string of the molecule is Oc1cncc(N2CC3CC2CN3CCOc2ccc(Cl)cc2)c1. The molecule has 2 atom stereocenters. The summed E-state index contributed by atoms with van der Waals surface area (Å²) >= 11 is 5.88. The van der Waals surface area contributed by atoms with Crippen molar-refractivity contribution < 1.29 is 9.84 Å². The summed E-state index contributed by atoms with van der Waals surface area (Å²) < 4.78 is 5.80. The molecule has 2 aliphatic rings. The van der Waals surface area contributed by atoms with E-state index in [9.17, 15) is 5.11 Å². The van der Waals surface area contributed by atoms with E-state index in [0.29, 0.717) is 18.7 Å². The Morgan fingerprint density at radius 2 is 2.00 bits per heavy atom. The molecule has 1 aromatic carbocycles. The molecule has 126 valence electrons. The van der Waals surface area contributed by atoms with E-state index < -0.39 is 0 Å². The van der Waals surface area contributed by atoms with Gasteiger partial charge in [0.05, 0.1) is 18.1 Å². The van der Waals surface area contributed by atoms with Gasteiger partial charge in [0.15, 0.2) is 0 Å². The van der Waals surface area contributed by atoms with Crippen LogP contribution >= 0.6 is 11.6 Å². The van der Waals surface area contributed by atoms with Gasteiger partial charge in [-0.25, -0.2) is 0 Å². The highest BCUT2D eigenvalue weighted by Gasteiger charge is 2.43. The number of hydrogen-bond acceptors (Lipinski definition) is 5. The van der Waals surface area contributed by atoms with Gasteiger partial charge in [0, 0.05) is 42.8 Å². The molecule has 0 spiro atoms. The van der Waals surface area contributed by atoms with Gasteiger partial charge in [-0.1, -0.05) is 11.6 Å². The minimum absolute atomic E-state index is 0.225. The molecule has 0 radical (unpaired) electrons. The smallest absolute Gasteiger partial charge is 0.135 e. The summed E-state index contributed by atoms with van der Waals surface area (Å²) in [5.74, 6) is 1.08. The molecular weight excluding hydrogens is 326 g/mol. The lowest BCUT2D eigenvalue weighted by molar-refractivity contribution is 0.188. The van der Waals surface area contributed by atoms with Crippen LogP contribution in [0.1, 0.15) is 6.42 Å². The summed E-state index contributed by atoms with van der Waals surface area (Å²) in [6.45, 7) is 3.62. The third-order valence-corrected chi connectivity index (χ3v) is 5.11. The topological polar surface area (TPSA) is 48.8 Å². The maximum Gasteiger partial charge on any atom is 0.135 e. The van der Waals surface area contributed by atoms with Crippen molar-refractivity contribution in [1.29, 1.82) is 0 Å². The maximum absolute atomic E-state index is 9.61. The largest absolute Gasteiger partial charge is 0.506 e. The Hall–Kier alpha value is -1.98. The summed E-state index contributed by atoms with van der Waals surface area (Å²) in [6, 6.07) is 10.3. The number of anilines is 1. The molecule has 2 aromatic rings. The maximum atomic E-state index is 9.61. The van der Waals surface area contributed by atoms with Gasteiger partial charge in [-0.2, -0.15) is 0 Å². The normalized spacial score (nSPS) is 23.0. The summed E-state index contributed by atoms with van der Waals surface area (Å²) in [5.41, 5.74) is 1.01. The van der Waals surface area contributed by atoms with Crippen LogP contribution in [0.3, 0.4) is 0 Å². The molecule has 24 heavy (non-hydrogen) atoms.